The van der Waals surface area contributed by atoms with E-state index in [4.69, 9.17) is 10.00 Å². The Morgan fingerprint density at radius 1 is 1.14 bits per heavy atom. The topological polar surface area (TPSA) is 45.9 Å². The first kappa shape index (κ1) is 13.1. The fraction of sp³-hybridized carbons (Fsp3) is 0.111. The second kappa shape index (κ2) is 5.64. The van der Waals surface area contributed by atoms with Crippen LogP contribution in [0, 0.1) is 18.3 Å². The van der Waals surface area contributed by atoms with Crippen molar-refractivity contribution in [3.63, 3.8) is 0 Å². The first-order valence-corrected chi connectivity index (χ1v) is 6.73. The van der Waals surface area contributed by atoms with Crippen LogP contribution in [-0.4, -0.2) is 4.98 Å². The van der Waals surface area contributed by atoms with Crippen LogP contribution in [0.3, 0.4) is 0 Å². The molecule has 21 heavy (non-hydrogen) atoms. The number of hydrogen-bond donors (Lipinski definition) is 0. The minimum absolute atomic E-state index is 0.482. The molecule has 0 saturated carbocycles. The molecule has 102 valence electrons. The van der Waals surface area contributed by atoms with E-state index in [0.717, 1.165) is 27.8 Å². The van der Waals surface area contributed by atoms with E-state index in [1.165, 1.54) is 0 Å². The molecular weight excluding hydrogens is 260 g/mol. The van der Waals surface area contributed by atoms with Crippen LogP contribution in [0.4, 0.5) is 0 Å². The van der Waals surface area contributed by atoms with Crippen LogP contribution in [0.2, 0.25) is 0 Å². The number of benzene rings is 2. The third-order valence-electron chi connectivity index (χ3n) is 3.44. The van der Waals surface area contributed by atoms with E-state index in [1.807, 2.05) is 55.5 Å². The second-order valence-corrected chi connectivity index (χ2v) is 4.90. The molecule has 1 aromatic heterocycles. The highest BCUT2D eigenvalue weighted by atomic mass is 16.5. The highest BCUT2D eigenvalue weighted by Gasteiger charge is 2.03. The summed E-state index contributed by atoms with van der Waals surface area (Å²) in [7, 11) is 0. The lowest BCUT2D eigenvalue weighted by molar-refractivity contribution is 0.306. The molecule has 0 atom stereocenters. The fourth-order valence-electron chi connectivity index (χ4n) is 2.22. The van der Waals surface area contributed by atoms with Crippen LogP contribution < -0.4 is 4.74 Å². The molecule has 0 aliphatic rings. The first-order chi connectivity index (χ1) is 10.3. The van der Waals surface area contributed by atoms with Gasteiger partial charge >= 0.3 is 0 Å². The van der Waals surface area contributed by atoms with E-state index in [2.05, 4.69) is 11.1 Å². The maximum Gasteiger partial charge on any atom is 0.122 e. The Morgan fingerprint density at radius 2 is 2.05 bits per heavy atom. The number of aromatic nitrogens is 1. The van der Waals surface area contributed by atoms with Gasteiger partial charge in [0.1, 0.15) is 12.4 Å². The molecule has 0 aliphatic heterocycles. The lowest BCUT2D eigenvalue weighted by atomic mass is 10.1. The number of rotatable bonds is 3. The van der Waals surface area contributed by atoms with Crippen LogP contribution in [0.25, 0.3) is 10.9 Å². The van der Waals surface area contributed by atoms with Crippen molar-refractivity contribution < 1.29 is 4.74 Å². The largest absolute Gasteiger partial charge is 0.489 e. The van der Waals surface area contributed by atoms with Crippen LogP contribution in [0.1, 0.15) is 16.7 Å². The van der Waals surface area contributed by atoms with Gasteiger partial charge in [-0.1, -0.05) is 12.1 Å². The van der Waals surface area contributed by atoms with Gasteiger partial charge in [0.25, 0.3) is 0 Å². The first-order valence-electron chi connectivity index (χ1n) is 6.73. The lowest BCUT2D eigenvalue weighted by Crippen LogP contribution is -1.98. The minimum Gasteiger partial charge on any atom is -0.489 e. The molecule has 0 radical (unpaired) electrons. The molecule has 0 spiro atoms. The summed E-state index contributed by atoms with van der Waals surface area (Å²) in [5.41, 5.74) is 3.74. The quantitative estimate of drug-likeness (QED) is 0.725. The predicted octanol–water partition coefficient (Wildman–Crippen LogP) is 3.99. The summed E-state index contributed by atoms with van der Waals surface area (Å²) < 4.78 is 5.83. The molecule has 1 heterocycles. The Morgan fingerprint density at radius 3 is 2.86 bits per heavy atom. The maximum absolute atomic E-state index is 8.87. The zero-order valence-corrected chi connectivity index (χ0v) is 11.7. The van der Waals surface area contributed by atoms with E-state index < -0.39 is 0 Å². The fourth-order valence-corrected chi connectivity index (χ4v) is 2.22. The van der Waals surface area contributed by atoms with E-state index in [1.54, 1.807) is 6.20 Å². The summed E-state index contributed by atoms with van der Waals surface area (Å²) in [6, 6.07) is 17.6. The van der Waals surface area contributed by atoms with Gasteiger partial charge in [0, 0.05) is 17.6 Å². The van der Waals surface area contributed by atoms with E-state index in [-0.39, 0.29) is 0 Å². The Balaban J connectivity index is 1.78. The molecule has 0 saturated heterocycles. The SMILES string of the molecule is Cc1cc(C#N)ccc1COc1ccc2cccnc2c1. The number of nitrogens with zero attached hydrogens (tertiary/aromatic N) is 2. The van der Waals surface area contributed by atoms with E-state index >= 15 is 0 Å². The Labute approximate surface area is 123 Å². The van der Waals surface area contributed by atoms with Crippen molar-refractivity contribution in [2.24, 2.45) is 0 Å². The van der Waals surface area contributed by atoms with Crippen LogP contribution >= 0.6 is 0 Å². The molecule has 0 amide bonds. The highest BCUT2D eigenvalue weighted by Crippen LogP contribution is 2.20. The van der Waals surface area contributed by atoms with Crippen LogP contribution in [-0.2, 0) is 6.61 Å². The van der Waals surface area contributed by atoms with Gasteiger partial charge in [-0.3, -0.25) is 4.98 Å². The smallest absolute Gasteiger partial charge is 0.122 e. The summed E-state index contributed by atoms with van der Waals surface area (Å²) >= 11 is 0. The molecule has 0 unspecified atom stereocenters. The molecule has 0 bridgehead atoms. The second-order valence-electron chi connectivity index (χ2n) is 4.90. The molecule has 0 aliphatic carbocycles. The van der Waals surface area contributed by atoms with Crippen LogP contribution in [0.15, 0.2) is 54.7 Å². The van der Waals surface area contributed by atoms with Gasteiger partial charge in [0.15, 0.2) is 0 Å². The summed E-state index contributed by atoms with van der Waals surface area (Å²) in [5, 5.41) is 9.97. The molecule has 3 nitrogen and oxygen atoms in total. The summed E-state index contributed by atoms with van der Waals surface area (Å²) in [5.74, 6) is 0.796. The van der Waals surface area contributed by atoms with Gasteiger partial charge in [0.2, 0.25) is 0 Å². The van der Waals surface area contributed by atoms with Crippen molar-refractivity contribution in [3.05, 3.63) is 71.4 Å². The average molecular weight is 274 g/mol. The van der Waals surface area contributed by atoms with Gasteiger partial charge < -0.3 is 4.74 Å². The molecular formula is C18H14N2O. The normalized spacial score (nSPS) is 10.3. The van der Waals surface area contributed by atoms with Crippen molar-refractivity contribution in [2.75, 3.05) is 0 Å². The highest BCUT2D eigenvalue weighted by molar-refractivity contribution is 5.79. The number of fused-ring (bicyclic) bond motifs is 1. The molecule has 3 heteroatoms. The van der Waals surface area contributed by atoms with E-state index in [9.17, 15) is 0 Å². The standard InChI is InChI=1S/C18H14N2O/c1-13-9-14(11-19)4-5-16(13)12-21-17-7-6-15-3-2-8-20-18(15)10-17/h2-10H,12H2,1H3. The number of hydrogen-bond acceptors (Lipinski definition) is 3. The Bertz CT molecular complexity index is 834. The maximum atomic E-state index is 8.87. The third kappa shape index (κ3) is 2.85. The zero-order valence-electron chi connectivity index (χ0n) is 11.7. The van der Waals surface area contributed by atoms with Crippen molar-refractivity contribution in [1.82, 2.24) is 4.98 Å². The minimum atomic E-state index is 0.482. The average Bonchev–Trinajstić information content (AvgIpc) is 2.53. The van der Waals surface area contributed by atoms with Crippen molar-refractivity contribution in [2.45, 2.75) is 13.5 Å². The summed E-state index contributed by atoms with van der Waals surface area (Å²) in [6.45, 7) is 2.47. The van der Waals surface area contributed by atoms with Crippen molar-refractivity contribution >= 4 is 10.9 Å². The number of pyridine rings is 1. The molecule has 0 fully saturated rings. The Kier molecular flexibility index (Phi) is 3.53. The van der Waals surface area contributed by atoms with Crippen molar-refractivity contribution in [1.29, 1.82) is 5.26 Å². The molecule has 3 aromatic rings. The summed E-state index contributed by atoms with van der Waals surface area (Å²) in [4.78, 5) is 4.32. The van der Waals surface area contributed by atoms with Crippen LogP contribution in [0.5, 0.6) is 5.75 Å². The third-order valence-corrected chi connectivity index (χ3v) is 3.44. The molecule has 0 N–H and O–H groups in total. The lowest BCUT2D eigenvalue weighted by Gasteiger charge is -2.09. The van der Waals surface area contributed by atoms with Crippen molar-refractivity contribution in [3.8, 4) is 11.8 Å². The summed E-state index contributed by atoms with van der Waals surface area (Å²) in [6.07, 6.45) is 1.77. The number of nitriles is 1. The molecule has 3 rings (SSSR count). The zero-order chi connectivity index (χ0) is 14.7. The number of aryl methyl sites for hydroxylation is 1. The molecule has 2 aromatic carbocycles. The van der Waals surface area contributed by atoms with Gasteiger partial charge in [-0.2, -0.15) is 5.26 Å². The number of ether oxygens (including phenoxy) is 1. The monoisotopic (exact) mass is 274 g/mol. The van der Waals surface area contributed by atoms with Gasteiger partial charge in [-0.15, -0.1) is 0 Å². The van der Waals surface area contributed by atoms with Gasteiger partial charge in [-0.05, 0) is 48.4 Å². The van der Waals surface area contributed by atoms with Gasteiger partial charge in [-0.25, -0.2) is 0 Å². The predicted molar refractivity (Wildman–Crippen MR) is 82.0 cm³/mol. The Hall–Kier alpha value is -2.86. The van der Waals surface area contributed by atoms with E-state index in [0.29, 0.717) is 12.2 Å². The van der Waals surface area contributed by atoms with Gasteiger partial charge in [0.05, 0.1) is 17.1 Å².